The number of hydrogen-bond acceptors (Lipinski definition) is 5. The molecular formula is C20H20N2O4. The quantitative estimate of drug-likeness (QED) is 0.448. The summed E-state index contributed by atoms with van der Waals surface area (Å²) in [7, 11) is 0. The highest BCUT2D eigenvalue weighted by Gasteiger charge is 2.12. The van der Waals surface area contributed by atoms with Gasteiger partial charge in [-0.2, -0.15) is 5.26 Å². The number of carbonyl (C=O) groups excluding carboxylic acids is 2. The third kappa shape index (κ3) is 5.64. The number of hydrogen-bond donors (Lipinski definition) is 1. The van der Waals surface area contributed by atoms with Crippen molar-refractivity contribution in [1.29, 1.82) is 5.26 Å². The molecular weight excluding hydrogens is 332 g/mol. The summed E-state index contributed by atoms with van der Waals surface area (Å²) in [6, 6.07) is 15.5. The first-order chi connectivity index (χ1) is 12.6. The van der Waals surface area contributed by atoms with Gasteiger partial charge in [-0.25, -0.2) is 0 Å². The van der Waals surface area contributed by atoms with Crippen LogP contribution >= 0.6 is 0 Å². The third-order valence-corrected chi connectivity index (χ3v) is 3.48. The van der Waals surface area contributed by atoms with Crippen molar-refractivity contribution in [2.24, 2.45) is 0 Å². The number of nitrogens with zero attached hydrogens (tertiary/aromatic N) is 1. The van der Waals surface area contributed by atoms with Crippen molar-refractivity contribution in [2.45, 2.75) is 19.8 Å². The molecule has 0 heterocycles. The molecule has 0 aliphatic heterocycles. The van der Waals surface area contributed by atoms with Crippen molar-refractivity contribution in [3.8, 4) is 17.6 Å². The van der Waals surface area contributed by atoms with E-state index in [0.717, 1.165) is 0 Å². The lowest BCUT2D eigenvalue weighted by Crippen LogP contribution is -2.25. The molecule has 2 aromatic carbocycles. The van der Waals surface area contributed by atoms with Crippen molar-refractivity contribution < 1.29 is 19.1 Å². The molecule has 0 aliphatic carbocycles. The van der Waals surface area contributed by atoms with Crippen LogP contribution in [0.1, 0.15) is 35.7 Å². The average molecular weight is 352 g/mol. The van der Waals surface area contributed by atoms with Crippen LogP contribution in [0.3, 0.4) is 0 Å². The van der Waals surface area contributed by atoms with E-state index in [1.165, 1.54) is 6.07 Å². The van der Waals surface area contributed by atoms with E-state index in [0.29, 0.717) is 36.4 Å². The molecule has 1 amide bonds. The van der Waals surface area contributed by atoms with Crippen LogP contribution in [0, 0.1) is 11.3 Å². The highest BCUT2D eigenvalue weighted by Crippen LogP contribution is 2.28. The molecule has 26 heavy (non-hydrogen) atoms. The molecule has 0 atom stereocenters. The number of carbonyl (C=O) groups is 2. The SMILES string of the molecule is CCOc1cc(C#N)ccc1OC(=O)CCCNC(=O)c1ccccc1. The minimum Gasteiger partial charge on any atom is -0.490 e. The monoisotopic (exact) mass is 352 g/mol. The van der Waals surface area contributed by atoms with Crippen molar-refractivity contribution in [3.63, 3.8) is 0 Å². The second-order valence-corrected chi connectivity index (χ2v) is 5.41. The molecule has 0 saturated heterocycles. The standard InChI is InChI=1S/C20H20N2O4/c1-2-25-18-13-15(14-21)10-11-17(18)26-19(23)9-6-12-22-20(24)16-7-4-3-5-8-16/h3-5,7-8,10-11,13H,2,6,9,12H2,1H3,(H,22,24). The van der Waals surface area contributed by atoms with Gasteiger partial charge in [-0.15, -0.1) is 0 Å². The fourth-order valence-electron chi connectivity index (χ4n) is 2.23. The summed E-state index contributed by atoms with van der Waals surface area (Å²) in [5.74, 6) is 0.0377. The van der Waals surface area contributed by atoms with Gasteiger partial charge in [-0.1, -0.05) is 18.2 Å². The van der Waals surface area contributed by atoms with Gasteiger partial charge in [0.25, 0.3) is 5.91 Å². The zero-order valence-electron chi connectivity index (χ0n) is 14.5. The first kappa shape index (κ1) is 19.0. The topological polar surface area (TPSA) is 88.4 Å². The minimum atomic E-state index is -0.426. The summed E-state index contributed by atoms with van der Waals surface area (Å²) in [6.45, 7) is 2.57. The predicted octanol–water partition coefficient (Wildman–Crippen LogP) is 3.07. The van der Waals surface area contributed by atoms with E-state index in [1.807, 2.05) is 12.1 Å². The largest absolute Gasteiger partial charge is 0.490 e. The van der Waals surface area contributed by atoms with Gasteiger partial charge >= 0.3 is 5.97 Å². The molecule has 6 nitrogen and oxygen atoms in total. The number of esters is 1. The molecule has 0 aliphatic rings. The molecule has 0 aromatic heterocycles. The van der Waals surface area contributed by atoms with Crippen LogP contribution in [-0.4, -0.2) is 25.0 Å². The van der Waals surface area contributed by atoms with Crippen molar-refractivity contribution in [2.75, 3.05) is 13.2 Å². The molecule has 2 aromatic rings. The van der Waals surface area contributed by atoms with E-state index >= 15 is 0 Å². The number of nitriles is 1. The Kier molecular flexibility index (Phi) is 7.19. The summed E-state index contributed by atoms with van der Waals surface area (Å²) >= 11 is 0. The molecule has 2 rings (SSSR count). The van der Waals surface area contributed by atoms with Crippen molar-refractivity contribution in [3.05, 3.63) is 59.7 Å². The highest BCUT2D eigenvalue weighted by molar-refractivity contribution is 5.94. The number of amides is 1. The second kappa shape index (κ2) is 9.84. The summed E-state index contributed by atoms with van der Waals surface area (Å²) in [6.07, 6.45) is 0.609. The molecule has 0 spiro atoms. The number of benzene rings is 2. The fourth-order valence-corrected chi connectivity index (χ4v) is 2.23. The molecule has 0 unspecified atom stereocenters. The second-order valence-electron chi connectivity index (χ2n) is 5.41. The van der Waals surface area contributed by atoms with Crippen LogP contribution in [0.2, 0.25) is 0 Å². The Morgan fingerprint density at radius 3 is 2.58 bits per heavy atom. The number of ether oxygens (including phenoxy) is 2. The lowest BCUT2D eigenvalue weighted by Gasteiger charge is -2.11. The maximum atomic E-state index is 12.0. The molecule has 1 N–H and O–H groups in total. The molecule has 0 saturated carbocycles. The summed E-state index contributed by atoms with van der Waals surface area (Å²) in [4.78, 5) is 23.9. The minimum absolute atomic E-state index is 0.153. The molecule has 0 bridgehead atoms. The molecule has 134 valence electrons. The lowest BCUT2D eigenvalue weighted by atomic mass is 10.2. The summed E-state index contributed by atoms with van der Waals surface area (Å²) in [5, 5.41) is 11.7. The Labute approximate surface area is 152 Å². The molecule has 6 heteroatoms. The average Bonchev–Trinajstić information content (AvgIpc) is 2.67. The Morgan fingerprint density at radius 1 is 1.12 bits per heavy atom. The normalized spacial score (nSPS) is 9.85. The zero-order chi connectivity index (χ0) is 18.8. The highest BCUT2D eigenvalue weighted by atomic mass is 16.6. The first-order valence-electron chi connectivity index (χ1n) is 8.35. The van der Waals surface area contributed by atoms with Gasteiger partial charge in [0.05, 0.1) is 18.2 Å². The van der Waals surface area contributed by atoms with Crippen LogP contribution in [0.25, 0.3) is 0 Å². The van der Waals surface area contributed by atoms with E-state index < -0.39 is 5.97 Å². The number of nitrogens with one attached hydrogen (secondary N) is 1. The Balaban J connectivity index is 1.80. The van der Waals surface area contributed by atoms with Crippen LogP contribution in [0.15, 0.2) is 48.5 Å². The third-order valence-electron chi connectivity index (χ3n) is 3.48. The van der Waals surface area contributed by atoms with Gasteiger partial charge in [0.15, 0.2) is 11.5 Å². The van der Waals surface area contributed by atoms with Crippen LogP contribution in [0.4, 0.5) is 0 Å². The van der Waals surface area contributed by atoms with E-state index in [-0.39, 0.29) is 18.1 Å². The van der Waals surface area contributed by atoms with Gasteiger partial charge in [0.1, 0.15) is 0 Å². The molecule has 0 fully saturated rings. The number of rotatable bonds is 8. The van der Waals surface area contributed by atoms with E-state index in [4.69, 9.17) is 14.7 Å². The van der Waals surface area contributed by atoms with Gasteiger partial charge < -0.3 is 14.8 Å². The first-order valence-corrected chi connectivity index (χ1v) is 8.35. The van der Waals surface area contributed by atoms with Gasteiger partial charge in [0, 0.05) is 24.6 Å². The summed E-state index contributed by atoms with van der Waals surface area (Å²) < 4.78 is 10.7. The van der Waals surface area contributed by atoms with Gasteiger partial charge in [0.2, 0.25) is 0 Å². The maximum absolute atomic E-state index is 12.0. The molecule has 0 radical (unpaired) electrons. The van der Waals surface area contributed by atoms with Gasteiger partial charge in [-0.05, 0) is 37.6 Å². The Bertz CT molecular complexity index is 797. The van der Waals surface area contributed by atoms with Gasteiger partial charge in [-0.3, -0.25) is 9.59 Å². The van der Waals surface area contributed by atoms with Crippen LogP contribution in [-0.2, 0) is 4.79 Å². The smallest absolute Gasteiger partial charge is 0.311 e. The van der Waals surface area contributed by atoms with Crippen molar-refractivity contribution in [1.82, 2.24) is 5.32 Å². The Morgan fingerprint density at radius 2 is 1.88 bits per heavy atom. The zero-order valence-corrected chi connectivity index (χ0v) is 14.5. The Hall–Kier alpha value is -3.33. The maximum Gasteiger partial charge on any atom is 0.311 e. The lowest BCUT2D eigenvalue weighted by molar-refractivity contribution is -0.134. The van der Waals surface area contributed by atoms with Crippen molar-refractivity contribution >= 4 is 11.9 Å². The predicted molar refractivity (Wildman–Crippen MR) is 96.0 cm³/mol. The van der Waals surface area contributed by atoms with Crippen LogP contribution in [0.5, 0.6) is 11.5 Å². The van der Waals surface area contributed by atoms with E-state index in [1.54, 1.807) is 43.3 Å². The van der Waals surface area contributed by atoms with Crippen LogP contribution < -0.4 is 14.8 Å². The summed E-state index contributed by atoms with van der Waals surface area (Å²) in [5.41, 5.74) is 1.01. The van der Waals surface area contributed by atoms with E-state index in [2.05, 4.69) is 5.32 Å². The van der Waals surface area contributed by atoms with E-state index in [9.17, 15) is 9.59 Å². The fraction of sp³-hybridized carbons (Fsp3) is 0.250.